The number of carboxylic acid groups (broad SMARTS) is 1. The number of benzene rings is 1. The lowest BCUT2D eigenvalue weighted by atomic mass is 10.1. The third-order valence-corrected chi connectivity index (χ3v) is 3.11. The fourth-order valence-electron chi connectivity index (χ4n) is 2.15. The van der Waals surface area contributed by atoms with Crippen molar-refractivity contribution in [2.45, 2.75) is 6.42 Å². The van der Waals surface area contributed by atoms with Crippen LogP contribution in [0.2, 0.25) is 0 Å². The Balaban J connectivity index is 1.98. The van der Waals surface area contributed by atoms with Gasteiger partial charge in [0.25, 0.3) is 0 Å². The highest BCUT2D eigenvalue weighted by molar-refractivity contribution is 5.88. The molecule has 20 heavy (non-hydrogen) atoms. The molecule has 1 N–H and O–H groups in total. The Morgan fingerprint density at radius 3 is 2.90 bits per heavy atom. The molecule has 5 heteroatoms. The maximum atomic E-state index is 13.2. The first-order chi connectivity index (χ1) is 9.63. The fourth-order valence-corrected chi connectivity index (χ4v) is 2.15. The molecule has 0 saturated heterocycles. The molecule has 4 nitrogen and oxygen atoms in total. The van der Waals surface area contributed by atoms with Crippen molar-refractivity contribution in [3.63, 3.8) is 0 Å². The minimum Gasteiger partial charge on any atom is -0.478 e. The second-order valence-electron chi connectivity index (χ2n) is 4.50. The zero-order valence-electron chi connectivity index (χ0n) is 10.5. The van der Waals surface area contributed by atoms with Crippen molar-refractivity contribution in [1.29, 1.82) is 0 Å². The Morgan fingerprint density at radius 1 is 1.30 bits per heavy atom. The van der Waals surface area contributed by atoms with Crippen LogP contribution in [0.15, 0.2) is 48.8 Å². The number of halogens is 1. The first kappa shape index (κ1) is 12.3. The van der Waals surface area contributed by atoms with Gasteiger partial charge in [-0.1, -0.05) is 12.1 Å². The van der Waals surface area contributed by atoms with Crippen LogP contribution in [0.25, 0.3) is 5.52 Å². The van der Waals surface area contributed by atoms with E-state index in [0.717, 1.165) is 11.4 Å². The monoisotopic (exact) mass is 270 g/mol. The zero-order chi connectivity index (χ0) is 14.1. The fraction of sp³-hybridized carbons (Fsp3) is 0.0667. The van der Waals surface area contributed by atoms with Crippen molar-refractivity contribution in [3.05, 3.63) is 71.6 Å². The highest BCUT2D eigenvalue weighted by Crippen LogP contribution is 2.14. The first-order valence-electron chi connectivity index (χ1n) is 6.07. The molecule has 3 aromatic rings. The number of carboxylic acids is 1. The number of hydrogen-bond donors (Lipinski definition) is 1. The van der Waals surface area contributed by atoms with Gasteiger partial charge in [-0.05, 0) is 29.8 Å². The number of rotatable bonds is 3. The van der Waals surface area contributed by atoms with Crippen LogP contribution < -0.4 is 0 Å². The number of imidazole rings is 1. The minimum atomic E-state index is -0.972. The van der Waals surface area contributed by atoms with Gasteiger partial charge in [0.05, 0.1) is 17.3 Å². The van der Waals surface area contributed by atoms with Crippen molar-refractivity contribution in [2.24, 2.45) is 0 Å². The van der Waals surface area contributed by atoms with Crippen LogP contribution in [0.3, 0.4) is 0 Å². The number of aromatic carboxylic acids is 1. The normalized spacial score (nSPS) is 10.8. The maximum Gasteiger partial charge on any atom is 0.335 e. The van der Waals surface area contributed by atoms with E-state index in [1.165, 1.54) is 18.2 Å². The van der Waals surface area contributed by atoms with E-state index in [4.69, 9.17) is 5.11 Å². The molecule has 0 unspecified atom stereocenters. The number of pyridine rings is 1. The Bertz CT molecular complexity index is 795. The average Bonchev–Trinajstić information content (AvgIpc) is 2.81. The molecule has 0 saturated carbocycles. The summed E-state index contributed by atoms with van der Waals surface area (Å²) in [6, 6.07) is 9.42. The second-order valence-corrected chi connectivity index (χ2v) is 4.50. The molecule has 0 fully saturated rings. The first-order valence-corrected chi connectivity index (χ1v) is 6.07. The summed E-state index contributed by atoms with van der Waals surface area (Å²) >= 11 is 0. The van der Waals surface area contributed by atoms with Crippen molar-refractivity contribution in [3.8, 4) is 0 Å². The quantitative estimate of drug-likeness (QED) is 0.796. The van der Waals surface area contributed by atoms with Crippen molar-refractivity contribution in [2.75, 3.05) is 0 Å². The number of nitrogens with zero attached hydrogens (tertiary/aromatic N) is 2. The van der Waals surface area contributed by atoms with Crippen LogP contribution in [0.1, 0.15) is 21.7 Å². The average molecular weight is 270 g/mol. The zero-order valence-corrected chi connectivity index (χ0v) is 10.5. The lowest BCUT2D eigenvalue weighted by Crippen LogP contribution is -2.00. The molecule has 100 valence electrons. The largest absolute Gasteiger partial charge is 0.478 e. The standard InChI is InChI=1S/C15H11FN2O2/c16-12-3-1-2-10(6-12)7-14-17-9-13-8-11(15(19)20)4-5-18(13)14/h1-6,8-9H,7H2,(H,19,20). The van der Waals surface area contributed by atoms with Crippen LogP contribution in [0.5, 0.6) is 0 Å². The van der Waals surface area contributed by atoms with Gasteiger partial charge in [0.1, 0.15) is 11.6 Å². The van der Waals surface area contributed by atoms with E-state index in [0.29, 0.717) is 11.9 Å². The molecule has 2 aromatic heterocycles. The molecule has 0 aliphatic heterocycles. The van der Waals surface area contributed by atoms with E-state index in [2.05, 4.69) is 4.98 Å². The Labute approximate surface area is 114 Å². The molecule has 0 bridgehead atoms. The topological polar surface area (TPSA) is 54.6 Å². The Hall–Kier alpha value is -2.69. The second kappa shape index (κ2) is 4.77. The summed E-state index contributed by atoms with van der Waals surface area (Å²) in [7, 11) is 0. The van der Waals surface area contributed by atoms with E-state index in [-0.39, 0.29) is 11.4 Å². The predicted molar refractivity (Wildman–Crippen MR) is 71.4 cm³/mol. The molecule has 1 aromatic carbocycles. The highest BCUT2D eigenvalue weighted by atomic mass is 19.1. The van der Waals surface area contributed by atoms with Crippen LogP contribution in [-0.2, 0) is 6.42 Å². The van der Waals surface area contributed by atoms with Gasteiger partial charge in [-0.15, -0.1) is 0 Å². The Morgan fingerprint density at radius 2 is 2.15 bits per heavy atom. The summed E-state index contributed by atoms with van der Waals surface area (Å²) in [5, 5.41) is 8.95. The summed E-state index contributed by atoms with van der Waals surface area (Å²) in [6.45, 7) is 0. The van der Waals surface area contributed by atoms with Crippen LogP contribution >= 0.6 is 0 Å². The van der Waals surface area contributed by atoms with Crippen molar-refractivity contribution < 1.29 is 14.3 Å². The summed E-state index contributed by atoms with van der Waals surface area (Å²) in [4.78, 5) is 15.2. The van der Waals surface area contributed by atoms with Gasteiger partial charge < -0.3 is 9.51 Å². The van der Waals surface area contributed by atoms with Crippen LogP contribution in [-0.4, -0.2) is 20.5 Å². The van der Waals surface area contributed by atoms with Crippen molar-refractivity contribution >= 4 is 11.5 Å². The highest BCUT2D eigenvalue weighted by Gasteiger charge is 2.08. The molecule has 0 aliphatic rings. The lowest BCUT2D eigenvalue weighted by Gasteiger charge is -2.03. The summed E-state index contributed by atoms with van der Waals surface area (Å²) in [6.07, 6.45) is 3.76. The van der Waals surface area contributed by atoms with E-state index in [1.807, 2.05) is 6.07 Å². The van der Waals surface area contributed by atoms with Gasteiger partial charge in [0, 0.05) is 12.6 Å². The van der Waals surface area contributed by atoms with E-state index in [9.17, 15) is 9.18 Å². The number of fused-ring (bicyclic) bond motifs is 1. The molecular formula is C15H11FN2O2. The molecule has 0 amide bonds. The number of aromatic nitrogens is 2. The predicted octanol–water partition coefficient (Wildman–Crippen LogP) is 2.76. The molecule has 0 radical (unpaired) electrons. The van der Waals surface area contributed by atoms with E-state index in [1.54, 1.807) is 28.9 Å². The van der Waals surface area contributed by atoms with Gasteiger partial charge in [0.15, 0.2) is 0 Å². The summed E-state index contributed by atoms with van der Waals surface area (Å²) in [5.74, 6) is -0.514. The smallest absolute Gasteiger partial charge is 0.335 e. The summed E-state index contributed by atoms with van der Waals surface area (Å²) < 4.78 is 15.0. The van der Waals surface area contributed by atoms with Gasteiger partial charge in [0.2, 0.25) is 0 Å². The van der Waals surface area contributed by atoms with E-state index < -0.39 is 5.97 Å². The maximum absolute atomic E-state index is 13.2. The van der Waals surface area contributed by atoms with Gasteiger partial charge in [-0.3, -0.25) is 0 Å². The molecule has 2 heterocycles. The molecule has 0 atom stereocenters. The molecular weight excluding hydrogens is 259 g/mol. The van der Waals surface area contributed by atoms with E-state index >= 15 is 0 Å². The Kier molecular flexibility index (Phi) is 2.95. The minimum absolute atomic E-state index is 0.217. The third kappa shape index (κ3) is 2.25. The SMILES string of the molecule is O=C(O)c1ccn2c(Cc3cccc(F)c3)ncc2c1. The van der Waals surface area contributed by atoms with Crippen LogP contribution in [0.4, 0.5) is 4.39 Å². The van der Waals surface area contributed by atoms with Crippen molar-refractivity contribution in [1.82, 2.24) is 9.38 Å². The molecule has 0 spiro atoms. The molecule has 0 aliphatic carbocycles. The molecule has 3 rings (SSSR count). The van der Waals surface area contributed by atoms with Gasteiger partial charge in [-0.2, -0.15) is 0 Å². The van der Waals surface area contributed by atoms with Gasteiger partial charge in [-0.25, -0.2) is 14.2 Å². The summed E-state index contributed by atoms with van der Waals surface area (Å²) in [5.41, 5.74) is 1.74. The van der Waals surface area contributed by atoms with Gasteiger partial charge >= 0.3 is 5.97 Å². The third-order valence-electron chi connectivity index (χ3n) is 3.11. The number of carbonyl (C=O) groups is 1. The van der Waals surface area contributed by atoms with Crippen LogP contribution in [0, 0.1) is 5.82 Å². The number of hydrogen-bond acceptors (Lipinski definition) is 2. The lowest BCUT2D eigenvalue weighted by molar-refractivity contribution is 0.0697.